The van der Waals surface area contributed by atoms with Crippen molar-refractivity contribution in [1.29, 1.82) is 0 Å². The van der Waals surface area contributed by atoms with Gasteiger partial charge < -0.3 is 9.47 Å². The molecule has 0 atom stereocenters. The highest BCUT2D eigenvalue weighted by molar-refractivity contribution is 6.23. The Balaban J connectivity index is 1.51. The van der Waals surface area contributed by atoms with Crippen LogP contribution in [-0.4, -0.2) is 46.6 Å². The molecule has 11 nitrogen and oxygen atoms in total. The normalized spacial score (nSPS) is 14.8. The number of nitrogens with zero attached hydrogens (tertiary/aromatic N) is 1. The molecule has 0 saturated carbocycles. The molecule has 2 aromatic carbocycles. The van der Waals surface area contributed by atoms with Crippen molar-refractivity contribution < 1.29 is 46.6 Å². The van der Waals surface area contributed by atoms with Gasteiger partial charge in [-0.25, -0.2) is 14.4 Å². The van der Waals surface area contributed by atoms with E-state index in [0.29, 0.717) is 5.75 Å². The van der Waals surface area contributed by atoms with Crippen molar-refractivity contribution in [2.75, 3.05) is 0 Å². The van der Waals surface area contributed by atoms with Gasteiger partial charge in [0.05, 0.1) is 5.52 Å². The minimum Gasteiger partial charge on any atom is -0.489 e. The number of aromatic nitrogens is 1. The number of alkyl carbamates (subject to hydrolysis) is 1. The van der Waals surface area contributed by atoms with Crippen LogP contribution in [0.2, 0.25) is 0 Å². The van der Waals surface area contributed by atoms with Crippen LogP contribution in [0, 0.1) is 6.92 Å². The Bertz CT molecular complexity index is 1470. The number of rotatable bonds is 6. The van der Waals surface area contributed by atoms with Crippen molar-refractivity contribution in [3.05, 3.63) is 71.4 Å². The second kappa shape index (κ2) is 10.4. The van der Waals surface area contributed by atoms with Crippen molar-refractivity contribution in [3.8, 4) is 5.75 Å². The van der Waals surface area contributed by atoms with Crippen molar-refractivity contribution in [2.45, 2.75) is 31.7 Å². The molecule has 14 heteroatoms. The summed E-state index contributed by atoms with van der Waals surface area (Å²) < 4.78 is 46.9. The Morgan fingerprint density at radius 1 is 1.00 bits per heavy atom. The average Bonchev–Trinajstić information content (AvgIpc) is 2.86. The van der Waals surface area contributed by atoms with Gasteiger partial charge in [0, 0.05) is 23.1 Å². The number of urea groups is 1. The number of alkyl halides is 3. The van der Waals surface area contributed by atoms with Gasteiger partial charge in [0.2, 0.25) is 5.54 Å². The first-order valence-corrected chi connectivity index (χ1v) is 11.2. The highest BCUT2D eigenvalue weighted by atomic mass is 19.4. The van der Waals surface area contributed by atoms with Gasteiger partial charge in [-0.15, -0.1) is 0 Å². The van der Waals surface area contributed by atoms with E-state index >= 15 is 0 Å². The SMILES string of the molecule is Cc1cc(COc2ccc(CC3(NC(=O)OC(=O)C(F)(F)F)C(=O)NC(=O)NC3=O)cc2)c2ccccc2n1. The average molecular weight is 544 g/mol. The number of halogens is 3. The minimum absolute atomic E-state index is 0.195. The number of pyridine rings is 1. The van der Waals surface area contributed by atoms with Crippen molar-refractivity contribution >= 4 is 40.8 Å². The predicted octanol–water partition coefficient (Wildman–Crippen LogP) is 2.58. The van der Waals surface area contributed by atoms with Crippen molar-refractivity contribution in [3.63, 3.8) is 0 Å². The molecular weight excluding hydrogens is 525 g/mol. The minimum atomic E-state index is -5.51. The molecule has 1 fully saturated rings. The molecular formula is C25H19F3N4O7. The van der Waals surface area contributed by atoms with Crippen LogP contribution in [-0.2, 0) is 32.1 Å². The summed E-state index contributed by atoms with van der Waals surface area (Å²) >= 11 is 0. The number of barbiturate groups is 1. The van der Waals surface area contributed by atoms with E-state index in [0.717, 1.165) is 22.2 Å². The zero-order chi connectivity index (χ0) is 28.4. The first kappa shape index (κ1) is 27.0. The number of esters is 1. The standard InChI is InChI=1S/C25H19F3N4O7/c1-13-10-15(17-4-2-3-5-18(17)29-13)12-38-16-8-6-14(7-9-16)11-24(19(33)30-22(36)31-20(24)34)32-23(37)39-21(35)25(26,27)28/h2-10H,11-12H2,1H3,(H,32,37)(H2,30,31,33,34,36). The number of fused-ring (bicyclic) bond motifs is 1. The molecule has 5 amide bonds. The lowest BCUT2D eigenvalue weighted by Gasteiger charge is -2.34. The highest BCUT2D eigenvalue weighted by Crippen LogP contribution is 2.24. The fraction of sp³-hybridized carbons (Fsp3) is 0.200. The van der Waals surface area contributed by atoms with E-state index in [1.54, 1.807) is 16.0 Å². The molecule has 3 N–H and O–H groups in total. The van der Waals surface area contributed by atoms with E-state index in [1.807, 2.05) is 37.3 Å². The number of nitrogens with one attached hydrogen (secondary N) is 3. The summed E-state index contributed by atoms with van der Waals surface area (Å²) in [6.45, 7) is 2.05. The van der Waals surface area contributed by atoms with E-state index in [2.05, 4.69) is 9.72 Å². The van der Waals surface area contributed by atoms with Crippen LogP contribution in [0.3, 0.4) is 0 Å². The van der Waals surface area contributed by atoms with Gasteiger partial charge in [-0.3, -0.25) is 30.5 Å². The number of amides is 5. The summed E-state index contributed by atoms with van der Waals surface area (Å²) in [4.78, 5) is 64.3. The quantitative estimate of drug-likeness (QED) is 0.316. The second-order valence-corrected chi connectivity index (χ2v) is 8.49. The maximum Gasteiger partial charge on any atom is 0.491 e. The second-order valence-electron chi connectivity index (χ2n) is 8.49. The summed E-state index contributed by atoms with van der Waals surface area (Å²) in [6, 6.07) is 14.1. The molecule has 202 valence electrons. The number of ether oxygens (including phenoxy) is 2. The number of hydrogen-bond acceptors (Lipinski definition) is 8. The maximum atomic E-state index is 12.6. The van der Waals surface area contributed by atoms with Gasteiger partial charge in [0.25, 0.3) is 11.8 Å². The van der Waals surface area contributed by atoms with Gasteiger partial charge in [0.1, 0.15) is 12.4 Å². The Labute approximate surface area is 217 Å². The molecule has 0 radical (unpaired) electrons. The smallest absolute Gasteiger partial charge is 0.489 e. The maximum absolute atomic E-state index is 12.6. The van der Waals surface area contributed by atoms with Crippen LogP contribution < -0.4 is 20.7 Å². The molecule has 39 heavy (non-hydrogen) atoms. The fourth-order valence-corrected chi connectivity index (χ4v) is 3.90. The van der Waals surface area contributed by atoms with Gasteiger partial charge in [-0.2, -0.15) is 13.2 Å². The summed E-state index contributed by atoms with van der Waals surface area (Å²) in [5.74, 6) is -5.13. The Morgan fingerprint density at radius 2 is 1.64 bits per heavy atom. The van der Waals surface area contributed by atoms with Crippen molar-refractivity contribution in [2.24, 2.45) is 0 Å². The molecule has 0 spiro atoms. The predicted molar refractivity (Wildman–Crippen MR) is 126 cm³/mol. The molecule has 1 saturated heterocycles. The third kappa shape index (κ3) is 5.95. The van der Waals surface area contributed by atoms with Crippen LogP contribution >= 0.6 is 0 Å². The lowest BCUT2D eigenvalue weighted by molar-refractivity contribution is -0.193. The van der Waals surface area contributed by atoms with E-state index in [-0.39, 0.29) is 12.2 Å². The third-order valence-corrected chi connectivity index (χ3v) is 5.68. The largest absolute Gasteiger partial charge is 0.491 e. The third-order valence-electron chi connectivity index (χ3n) is 5.68. The van der Waals surface area contributed by atoms with E-state index in [1.165, 1.54) is 24.3 Å². The Hall–Kier alpha value is -5.01. The molecule has 0 unspecified atom stereocenters. The van der Waals surface area contributed by atoms with Crippen molar-refractivity contribution in [1.82, 2.24) is 20.9 Å². The molecule has 0 bridgehead atoms. The van der Waals surface area contributed by atoms with Crippen LogP contribution in [0.25, 0.3) is 10.9 Å². The molecule has 2 heterocycles. The van der Waals surface area contributed by atoms with E-state index in [9.17, 15) is 37.1 Å². The summed E-state index contributed by atoms with van der Waals surface area (Å²) in [6.07, 6.45) is -8.13. The van der Waals surface area contributed by atoms with E-state index in [4.69, 9.17) is 4.74 Å². The summed E-state index contributed by atoms with van der Waals surface area (Å²) in [7, 11) is 0. The topological polar surface area (TPSA) is 153 Å². The van der Waals surface area contributed by atoms with Crippen LogP contribution in [0.1, 0.15) is 16.8 Å². The number of benzene rings is 2. The fourth-order valence-electron chi connectivity index (χ4n) is 3.90. The Kier molecular flexibility index (Phi) is 7.21. The zero-order valence-electron chi connectivity index (χ0n) is 20.0. The molecule has 1 aromatic heterocycles. The number of imide groups is 2. The summed E-state index contributed by atoms with van der Waals surface area (Å²) in [5.41, 5.74) is 0.139. The molecule has 1 aliphatic rings. The number of para-hydroxylation sites is 1. The van der Waals surface area contributed by atoms with E-state index < -0.39 is 48.0 Å². The van der Waals surface area contributed by atoms with Crippen LogP contribution in [0.5, 0.6) is 5.75 Å². The van der Waals surface area contributed by atoms with Gasteiger partial charge in [-0.05, 0) is 36.8 Å². The molecule has 3 aromatic rings. The lowest BCUT2D eigenvalue weighted by Crippen LogP contribution is -2.74. The van der Waals surface area contributed by atoms with Gasteiger partial charge >= 0.3 is 24.3 Å². The molecule has 4 rings (SSSR count). The lowest BCUT2D eigenvalue weighted by atomic mass is 9.87. The first-order valence-electron chi connectivity index (χ1n) is 11.2. The van der Waals surface area contributed by atoms with Crippen LogP contribution in [0.4, 0.5) is 22.8 Å². The zero-order valence-corrected chi connectivity index (χ0v) is 20.0. The Morgan fingerprint density at radius 3 is 2.28 bits per heavy atom. The first-order chi connectivity index (χ1) is 18.4. The molecule has 0 aliphatic carbocycles. The van der Waals surface area contributed by atoms with Gasteiger partial charge in [0.15, 0.2) is 0 Å². The summed E-state index contributed by atoms with van der Waals surface area (Å²) in [5, 5.41) is 6.13. The highest BCUT2D eigenvalue weighted by Gasteiger charge is 2.53. The number of carbonyl (C=O) groups is 5. The molecule has 1 aliphatic heterocycles. The number of hydrogen-bond donors (Lipinski definition) is 3. The number of aryl methyl sites for hydroxylation is 1. The van der Waals surface area contributed by atoms with Crippen LogP contribution in [0.15, 0.2) is 54.6 Å². The monoisotopic (exact) mass is 544 g/mol. The number of carbonyl (C=O) groups excluding carboxylic acids is 5. The van der Waals surface area contributed by atoms with Gasteiger partial charge in [-0.1, -0.05) is 30.3 Å².